The summed E-state index contributed by atoms with van der Waals surface area (Å²) in [7, 11) is 0. The normalized spacial score (nSPS) is 11.2. The van der Waals surface area contributed by atoms with Crippen molar-refractivity contribution < 1.29 is 4.42 Å². The number of nitrogens with zero attached hydrogens (tertiary/aromatic N) is 4. The second kappa shape index (κ2) is 7.59. The van der Waals surface area contributed by atoms with E-state index in [1.165, 1.54) is 17.3 Å². The van der Waals surface area contributed by atoms with Gasteiger partial charge in [0.05, 0.1) is 10.2 Å². The number of fused-ring (bicyclic) bond motifs is 1. The quantitative estimate of drug-likeness (QED) is 0.299. The van der Waals surface area contributed by atoms with Crippen LogP contribution in [0.5, 0.6) is 0 Å². The van der Waals surface area contributed by atoms with Crippen LogP contribution in [0.25, 0.3) is 32.1 Å². The van der Waals surface area contributed by atoms with E-state index in [4.69, 9.17) is 16.0 Å². The van der Waals surface area contributed by atoms with Gasteiger partial charge in [0, 0.05) is 15.5 Å². The van der Waals surface area contributed by atoms with Gasteiger partial charge in [0.1, 0.15) is 11.4 Å². The lowest BCUT2D eigenvalue weighted by atomic mass is 10.1. The van der Waals surface area contributed by atoms with E-state index in [9.17, 15) is 0 Å². The predicted molar refractivity (Wildman–Crippen MR) is 116 cm³/mol. The van der Waals surface area contributed by atoms with Gasteiger partial charge >= 0.3 is 0 Å². The molecule has 0 aliphatic heterocycles. The summed E-state index contributed by atoms with van der Waals surface area (Å²) in [5, 5.41) is 10.2. The Kier molecular flexibility index (Phi) is 4.79. The summed E-state index contributed by atoms with van der Waals surface area (Å²) >= 11 is 8.93. The molecule has 142 valence electrons. The first-order valence-electron chi connectivity index (χ1n) is 8.74. The van der Waals surface area contributed by atoms with Crippen LogP contribution >= 0.6 is 34.7 Å². The van der Waals surface area contributed by atoms with E-state index in [0.717, 1.165) is 31.2 Å². The maximum atomic E-state index is 5.94. The molecule has 3 heterocycles. The topological polar surface area (TPSA) is 64.7 Å². The lowest BCUT2D eigenvalue weighted by Gasteiger charge is -1.98. The lowest BCUT2D eigenvalue weighted by molar-refractivity contribution is 0.465. The van der Waals surface area contributed by atoms with Gasteiger partial charge in [-0.15, -0.1) is 21.5 Å². The van der Waals surface area contributed by atoms with Gasteiger partial charge in [0.2, 0.25) is 5.89 Å². The molecule has 3 aromatic heterocycles. The highest BCUT2D eigenvalue weighted by molar-refractivity contribution is 7.99. The van der Waals surface area contributed by atoms with Crippen LogP contribution in [0.4, 0.5) is 0 Å². The molecule has 0 bridgehead atoms. The molecule has 8 heteroatoms. The van der Waals surface area contributed by atoms with Crippen LogP contribution < -0.4 is 0 Å². The Morgan fingerprint density at radius 3 is 2.48 bits per heavy atom. The lowest BCUT2D eigenvalue weighted by Crippen LogP contribution is -1.82. The Morgan fingerprint density at radius 2 is 1.69 bits per heavy atom. The third kappa shape index (κ3) is 3.76. The molecular formula is C21H13ClN4OS2. The van der Waals surface area contributed by atoms with Crippen molar-refractivity contribution in [1.82, 2.24) is 20.2 Å². The number of benzene rings is 2. The highest BCUT2D eigenvalue weighted by Gasteiger charge is 2.15. The molecule has 0 radical (unpaired) electrons. The zero-order valence-electron chi connectivity index (χ0n) is 15.2. The van der Waals surface area contributed by atoms with Crippen molar-refractivity contribution in [1.29, 1.82) is 0 Å². The van der Waals surface area contributed by atoms with Crippen LogP contribution in [-0.2, 0) is 0 Å². The molecule has 2 aromatic carbocycles. The van der Waals surface area contributed by atoms with Crippen molar-refractivity contribution in [3.8, 4) is 21.9 Å². The first-order chi connectivity index (χ1) is 14.2. The average molecular weight is 437 g/mol. The van der Waals surface area contributed by atoms with Gasteiger partial charge in [0.25, 0.3) is 5.22 Å². The summed E-state index contributed by atoms with van der Waals surface area (Å²) in [6.45, 7) is 2.08. The van der Waals surface area contributed by atoms with Gasteiger partial charge in [-0.05, 0) is 54.6 Å². The van der Waals surface area contributed by atoms with E-state index in [2.05, 4.69) is 57.4 Å². The van der Waals surface area contributed by atoms with Crippen LogP contribution in [0.1, 0.15) is 5.56 Å². The van der Waals surface area contributed by atoms with E-state index >= 15 is 0 Å². The van der Waals surface area contributed by atoms with E-state index in [-0.39, 0.29) is 0 Å². The molecule has 0 aliphatic rings. The predicted octanol–water partition coefficient (Wildman–Crippen LogP) is 6.52. The first-order valence-corrected chi connectivity index (χ1v) is 10.8. The standard InChI is InChI=1S/C21H13ClN4OS2/c1-12-2-4-13(5-3-12)17-10-16-18(28-17)20(24-11-23-16)29-21-26-25-19(27-21)14-6-8-15(22)9-7-14/h2-11H,1H3. The smallest absolute Gasteiger partial charge is 0.283 e. The minimum absolute atomic E-state index is 0.431. The number of halogens is 1. The molecule has 5 rings (SSSR count). The fraction of sp³-hybridized carbons (Fsp3) is 0.0476. The minimum atomic E-state index is 0.431. The molecule has 0 spiro atoms. The van der Waals surface area contributed by atoms with Crippen molar-refractivity contribution in [2.24, 2.45) is 0 Å². The van der Waals surface area contributed by atoms with E-state index in [1.54, 1.807) is 29.8 Å². The molecule has 29 heavy (non-hydrogen) atoms. The summed E-state index contributed by atoms with van der Waals surface area (Å²) in [5.41, 5.74) is 4.12. The van der Waals surface area contributed by atoms with E-state index < -0.39 is 0 Å². The van der Waals surface area contributed by atoms with Gasteiger partial charge in [-0.3, -0.25) is 0 Å². The third-order valence-corrected chi connectivity index (χ3v) is 6.70. The molecule has 0 saturated carbocycles. The number of rotatable bonds is 4. The van der Waals surface area contributed by atoms with Crippen molar-refractivity contribution in [3.63, 3.8) is 0 Å². The third-order valence-electron chi connectivity index (χ3n) is 4.30. The van der Waals surface area contributed by atoms with Crippen molar-refractivity contribution in [3.05, 3.63) is 71.5 Å². The molecule has 0 unspecified atom stereocenters. The Hall–Kier alpha value is -2.74. The van der Waals surface area contributed by atoms with Crippen molar-refractivity contribution in [2.45, 2.75) is 17.2 Å². The van der Waals surface area contributed by atoms with Crippen LogP contribution in [0, 0.1) is 6.92 Å². The zero-order chi connectivity index (χ0) is 19.8. The number of aromatic nitrogens is 4. The first kappa shape index (κ1) is 18.3. The monoisotopic (exact) mass is 436 g/mol. The maximum Gasteiger partial charge on any atom is 0.283 e. The molecule has 0 N–H and O–H groups in total. The Morgan fingerprint density at radius 1 is 0.931 bits per heavy atom. The SMILES string of the molecule is Cc1ccc(-c2cc3ncnc(Sc4nnc(-c5ccc(Cl)cc5)o4)c3s2)cc1. The summed E-state index contributed by atoms with van der Waals surface area (Å²) in [6, 6.07) is 17.8. The molecule has 0 fully saturated rings. The molecule has 5 aromatic rings. The second-order valence-electron chi connectivity index (χ2n) is 6.35. The van der Waals surface area contributed by atoms with Gasteiger partial charge in [-0.2, -0.15) is 0 Å². The number of hydrogen-bond donors (Lipinski definition) is 0. The molecular weight excluding hydrogens is 424 g/mol. The Balaban J connectivity index is 1.46. The van der Waals surface area contributed by atoms with Crippen LogP contribution in [0.3, 0.4) is 0 Å². The molecule has 0 aliphatic carbocycles. The van der Waals surface area contributed by atoms with Gasteiger partial charge < -0.3 is 4.42 Å². The van der Waals surface area contributed by atoms with E-state index in [0.29, 0.717) is 16.1 Å². The Labute approximate surface area is 179 Å². The summed E-state index contributed by atoms with van der Waals surface area (Å²) in [6.07, 6.45) is 1.56. The number of thiophene rings is 1. The average Bonchev–Trinajstić information content (AvgIpc) is 3.37. The highest BCUT2D eigenvalue weighted by Crippen LogP contribution is 2.39. The van der Waals surface area contributed by atoms with Gasteiger partial charge in [-0.25, -0.2) is 9.97 Å². The summed E-state index contributed by atoms with van der Waals surface area (Å²) in [4.78, 5) is 10.00. The number of aryl methyl sites for hydroxylation is 1. The van der Waals surface area contributed by atoms with Crippen molar-refractivity contribution in [2.75, 3.05) is 0 Å². The molecule has 0 atom stereocenters. The summed E-state index contributed by atoms with van der Waals surface area (Å²) in [5.74, 6) is 0.445. The molecule has 0 amide bonds. The highest BCUT2D eigenvalue weighted by atomic mass is 35.5. The van der Waals surface area contributed by atoms with E-state index in [1.807, 2.05) is 12.1 Å². The number of hydrogen-bond acceptors (Lipinski definition) is 7. The van der Waals surface area contributed by atoms with Crippen molar-refractivity contribution >= 4 is 44.9 Å². The largest absolute Gasteiger partial charge is 0.411 e. The summed E-state index contributed by atoms with van der Waals surface area (Å²) < 4.78 is 6.81. The Bertz CT molecular complexity index is 1300. The molecule has 0 saturated heterocycles. The van der Waals surface area contributed by atoms with Crippen LogP contribution in [-0.4, -0.2) is 20.2 Å². The fourth-order valence-electron chi connectivity index (χ4n) is 2.81. The van der Waals surface area contributed by atoms with Crippen LogP contribution in [0.2, 0.25) is 5.02 Å². The molecule has 5 nitrogen and oxygen atoms in total. The minimum Gasteiger partial charge on any atom is -0.411 e. The van der Waals surface area contributed by atoms with Gasteiger partial charge in [0.15, 0.2) is 0 Å². The van der Waals surface area contributed by atoms with Crippen LogP contribution in [0.15, 0.2) is 75.6 Å². The fourth-order valence-corrected chi connectivity index (χ4v) is 4.85. The van der Waals surface area contributed by atoms with Gasteiger partial charge in [-0.1, -0.05) is 41.4 Å². The maximum absolute atomic E-state index is 5.94. The second-order valence-corrected chi connectivity index (χ2v) is 8.78. The zero-order valence-corrected chi connectivity index (χ0v) is 17.6.